The Morgan fingerprint density at radius 3 is 2.55 bits per heavy atom. The first-order valence-electron chi connectivity index (χ1n) is 7.61. The van der Waals surface area contributed by atoms with E-state index in [0.717, 1.165) is 6.42 Å². The third-order valence-corrected chi connectivity index (χ3v) is 6.65. The van der Waals surface area contributed by atoms with Crippen LogP contribution in [0.3, 0.4) is 0 Å². The van der Waals surface area contributed by atoms with E-state index in [4.69, 9.17) is 17.3 Å². The van der Waals surface area contributed by atoms with Crippen LogP contribution in [0.4, 0.5) is 5.69 Å². The first-order valence-corrected chi connectivity index (χ1v) is 7.99. The highest BCUT2D eigenvalue weighted by Crippen LogP contribution is 2.65. The Morgan fingerprint density at radius 1 is 1.36 bits per heavy atom. The molecule has 22 heavy (non-hydrogen) atoms. The molecular formula is C17H24Cl2N2O. The van der Waals surface area contributed by atoms with Crippen LogP contribution in [0, 0.1) is 16.7 Å². The number of anilines is 1. The molecule has 2 aliphatic rings. The number of rotatable bonds is 2. The van der Waals surface area contributed by atoms with Crippen LogP contribution in [-0.2, 0) is 0 Å². The van der Waals surface area contributed by atoms with E-state index in [1.54, 1.807) is 18.2 Å². The van der Waals surface area contributed by atoms with Crippen molar-refractivity contribution in [2.75, 3.05) is 5.73 Å². The van der Waals surface area contributed by atoms with Gasteiger partial charge in [-0.2, -0.15) is 0 Å². The van der Waals surface area contributed by atoms with Crippen LogP contribution in [0.2, 0.25) is 5.02 Å². The van der Waals surface area contributed by atoms with E-state index in [1.807, 2.05) is 0 Å². The maximum Gasteiger partial charge on any atom is 0.253 e. The van der Waals surface area contributed by atoms with E-state index in [2.05, 4.69) is 26.1 Å². The normalized spacial score (nSPS) is 31.6. The monoisotopic (exact) mass is 342 g/mol. The molecule has 2 fully saturated rings. The van der Waals surface area contributed by atoms with Crippen LogP contribution in [0.5, 0.6) is 0 Å². The van der Waals surface area contributed by atoms with Crippen molar-refractivity contribution in [3.05, 3.63) is 28.8 Å². The first-order chi connectivity index (χ1) is 9.75. The zero-order valence-corrected chi connectivity index (χ0v) is 14.9. The third kappa shape index (κ3) is 2.39. The largest absolute Gasteiger partial charge is 0.399 e. The molecule has 0 saturated heterocycles. The Morgan fingerprint density at radius 2 is 2.05 bits per heavy atom. The minimum absolute atomic E-state index is 0. The molecule has 1 aromatic rings. The van der Waals surface area contributed by atoms with Crippen molar-refractivity contribution >= 4 is 35.6 Å². The van der Waals surface area contributed by atoms with Gasteiger partial charge in [-0.15, -0.1) is 12.4 Å². The Bertz CT molecular complexity index is 602. The summed E-state index contributed by atoms with van der Waals surface area (Å²) in [5.74, 6) is 0.615. The number of halogens is 2. The summed E-state index contributed by atoms with van der Waals surface area (Å²) in [5, 5.41) is 3.64. The molecule has 2 saturated carbocycles. The number of hydrogen-bond donors (Lipinski definition) is 2. The highest BCUT2D eigenvalue weighted by atomic mass is 35.5. The highest BCUT2D eigenvalue weighted by molar-refractivity contribution is 6.34. The van der Waals surface area contributed by atoms with E-state index in [0.29, 0.717) is 22.2 Å². The molecule has 0 heterocycles. The van der Waals surface area contributed by atoms with Gasteiger partial charge in [0.25, 0.3) is 5.91 Å². The smallest absolute Gasteiger partial charge is 0.253 e. The SMILES string of the molecule is CC1(C)C2CCC1(C)C(NC(=O)c1ccc(N)cc1Cl)C2.Cl. The van der Waals surface area contributed by atoms with Gasteiger partial charge in [-0.3, -0.25) is 4.79 Å². The number of hydrogen-bond acceptors (Lipinski definition) is 2. The number of benzene rings is 1. The number of nitrogens with two attached hydrogens (primary N) is 1. The quantitative estimate of drug-likeness (QED) is 0.787. The molecular weight excluding hydrogens is 319 g/mol. The molecule has 5 heteroatoms. The summed E-state index contributed by atoms with van der Waals surface area (Å²) >= 11 is 6.14. The lowest BCUT2D eigenvalue weighted by Gasteiger charge is -2.39. The van der Waals surface area contributed by atoms with Gasteiger partial charge in [0.05, 0.1) is 10.6 Å². The van der Waals surface area contributed by atoms with Crippen LogP contribution in [0.1, 0.15) is 50.4 Å². The van der Waals surface area contributed by atoms with Gasteiger partial charge in [-0.25, -0.2) is 0 Å². The Kier molecular flexibility index (Phi) is 4.44. The van der Waals surface area contributed by atoms with Gasteiger partial charge in [0.2, 0.25) is 0 Å². The topological polar surface area (TPSA) is 55.1 Å². The highest BCUT2D eigenvalue weighted by Gasteiger charge is 2.61. The second-order valence-corrected chi connectivity index (χ2v) is 7.78. The fraction of sp³-hybridized carbons (Fsp3) is 0.588. The summed E-state index contributed by atoms with van der Waals surface area (Å²) in [7, 11) is 0. The fourth-order valence-corrected chi connectivity index (χ4v) is 4.65. The van der Waals surface area contributed by atoms with Crippen LogP contribution in [0.25, 0.3) is 0 Å². The average Bonchev–Trinajstić information content (AvgIpc) is 2.71. The summed E-state index contributed by atoms with van der Waals surface area (Å²) < 4.78 is 0. The predicted octanol–water partition coefficient (Wildman–Crippen LogP) is 4.29. The lowest BCUT2D eigenvalue weighted by atomic mass is 9.69. The molecule has 0 spiro atoms. The summed E-state index contributed by atoms with van der Waals surface area (Å²) in [6, 6.07) is 5.27. The van der Waals surface area contributed by atoms with Crippen LogP contribution >= 0.6 is 24.0 Å². The number of nitrogens with one attached hydrogen (secondary N) is 1. The van der Waals surface area contributed by atoms with E-state index in [-0.39, 0.29) is 35.2 Å². The third-order valence-electron chi connectivity index (χ3n) is 6.34. The van der Waals surface area contributed by atoms with E-state index in [9.17, 15) is 4.79 Å². The molecule has 0 radical (unpaired) electrons. The minimum Gasteiger partial charge on any atom is -0.399 e. The molecule has 2 bridgehead atoms. The lowest BCUT2D eigenvalue weighted by Crippen LogP contribution is -2.46. The Hall–Kier alpha value is -0.930. The van der Waals surface area contributed by atoms with Crippen molar-refractivity contribution in [1.82, 2.24) is 5.32 Å². The zero-order valence-electron chi connectivity index (χ0n) is 13.3. The molecule has 3 unspecified atom stereocenters. The summed E-state index contributed by atoms with van der Waals surface area (Å²) in [6.07, 6.45) is 3.53. The van der Waals surface area contributed by atoms with Crippen molar-refractivity contribution in [3.63, 3.8) is 0 Å². The predicted molar refractivity (Wildman–Crippen MR) is 93.6 cm³/mol. The Balaban J connectivity index is 0.00000176. The van der Waals surface area contributed by atoms with Crippen molar-refractivity contribution in [2.45, 2.75) is 46.1 Å². The van der Waals surface area contributed by atoms with E-state index in [1.165, 1.54) is 12.8 Å². The fourth-order valence-electron chi connectivity index (χ4n) is 4.37. The van der Waals surface area contributed by atoms with Gasteiger partial charge < -0.3 is 11.1 Å². The molecule has 0 aromatic heterocycles. The second kappa shape index (κ2) is 5.61. The van der Waals surface area contributed by atoms with E-state index < -0.39 is 0 Å². The van der Waals surface area contributed by atoms with Gasteiger partial charge in [-0.05, 0) is 54.2 Å². The minimum atomic E-state index is -0.0884. The lowest BCUT2D eigenvalue weighted by molar-refractivity contribution is 0.0826. The molecule has 2 aliphatic carbocycles. The van der Waals surface area contributed by atoms with Crippen LogP contribution in [-0.4, -0.2) is 11.9 Å². The number of nitrogen functional groups attached to an aromatic ring is 1. The summed E-state index contributed by atoms with van der Waals surface area (Å²) in [5.41, 5.74) is 7.23. The van der Waals surface area contributed by atoms with E-state index >= 15 is 0 Å². The molecule has 122 valence electrons. The molecule has 1 amide bonds. The number of carbonyl (C=O) groups is 1. The van der Waals surface area contributed by atoms with Crippen molar-refractivity contribution < 1.29 is 4.79 Å². The van der Waals surface area contributed by atoms with Gasteiger partial charge in [0.15, 0.2) is 0 Å². The molecule has 3 rings (SSSR count). The van der Waals surface area contributed by atoms with Gasteiger partial charge in [0.1, 0.15) is 0 Å². The van der Waals surface area contributed by atoms with Crippen molar-refractivity contribution in [3.8, 4) is 0 Å². The number of amides is 1. The average molecular weight is 343 g/mol. The molecule has 3 N–H and O–H groups in total. The van der Waals surface area contributed by atoms with Crippen molar-refractivity contribution in [1.29, 1.82) is 0 Å². The molecule has 3 nitrogen and oxygen atoms in total. The number of carbonyl (C=O) groups excluding carboxylic acids is 1. The van der Waals surface area contributed by atoms with Gasteiger partial charge in [-0.1, -0.05) is 32.4 Å². The summed E-state index contributed by atoms with van der Waals surface area (Å²) in [4.78, 5) is 12.5. The molecule has 0 aliphatic heterocycles. The first kappa shape index (κ1) is 17.4. The standard InChI is InChI=1S/C17H23ClN2O.ClH/c1-16(2)10-6-7-17(16,3)14(8-10)20-15(21)12-5-4-11(19)9-13(12)18;/h4-5,9-10,14H,6-8,19H2,1-3H3,(H,20,21);1H. The zero-order chi connectivity index (χ0) is 15.4. The second-order valence-electron chi connectivity index (χ2n) is 7.38. The van der Waals surface area contributed by atoms with Gasteiger partial charge in [0, 0.05) is 11.7 Å². The Labute approximate surface area is 143 Å². The summed E-state index contributed by atoms with van der Waals surface area (Å²) in [6.45, 7) is 7.00. The molecule has 3 atom stereocenters. The maximum atomic E-state index is 12.5. The van der Waals surface area contributed by atoms with Crippen molar-refractivity contribution in [2.24, 2.45) is 16.7 Å². The maximum absolute atomic E-state index is 12.5. The van der Waals surface area contributed by atoms with Crippen LogP contribution < -0.4 is 11.1 Å². The van der Waals surface area contributed by atoms with Gasteiger partial charge >= 0.3 is 0 Å². The number of fused-ring (bicyclic) bond motifs is 2. The van der Waals surface area contributed by atoms with Crippen LogP contribution in [0.15, 0.2) is 18.2 Å². The molecule has 1 aromatic carbocycles.